The highest BCUT2D eigenvalue weighted by molar-refractivity contribution is 5.90. The van der Waals surface area contributed by atoms with Crippen LogP contribution < -0.4 is 5.32 Å². The maximum Gasteiger partial charge on any atom is 0.224 e. The fourth-order valence-corrected chi connectivity index (χ4v) is 1.73. The first-order chi connectivity index (χ1) is 9.13. The monoisotopic (exact) mass is 263 g/mol. The van der Waals surface area contributed by atoms with E-state index < -0.39 is 0 Å². The average Bonchev–Trinajstić information content (AvgIpc) is 2.80. The van der Waals surface area contributed by atoms with Crippen molar-refractivity contribution in [2.24, 2.45) is 0 Å². The van der Waals surface area contributed by atoms with Gasteiger partial charge in [-0.15, -0.1) is 10.2 Å². The van der Waals surface area contributed by atoms with E-state index in [2.05, 4.69) is 25.9 Å². The van der Waals surface area contributed by atoms with Crippen LogP contribution in [0.3, 0.4) is 0 Å². The van der Waals surface area contributed by atoms with Crippen LogP contribution >= 0.6 is 0 Å². The fourth-order valence-electron chi connectivity index (χ4n) is 1.73. The van der Waals surface area contributed by atoms with Gasteiger partial charge in [0.05, 0.1) is 0 Å². The summed E-state index contributed by atoms with van der Waals surface area (Å²) in [6, 6.07) is 4.43. The highest BCUT2D eigenvalue weighted by atomic mass is 19.1. The van der Waals surface area contributed by atoms with Crippen molar-refractivity contribution in [3.63, 3.8) is 0 Å². The number of aromatic amines is 1. The van der Waals surface area contributed by atoms with E-state index in [9.17, 15) is 9.18 Å². The molecule has 0 atom stereocenters. The number of nitrogens with zero attached hydrogens (tertiary/aromatic N) is 3. The molecule has 7 heteroatoms. The Labute approximate surface area is 109 Å². The molecule has 0 aliphatic rings. The number of nitrogens with one attached hydrogen (secondary N) is 2. The van der Waals surface area contributed by atoms with Gasteiger partial charge < -0.3 is 5.32 Å². The van der Waals surface area contributed by atoms with Crippen molar-refractivity contribution in [3.8, 4) is 0 Å². The molecule has 0 radical (unpaired) electrons. The van der Waals surface area contributed by atoms with Crippen LogP contribution in [-0.4, -0.2) is 26.5 Å². The summed E-state index contributed by atoms with van der Waals surface area (Å²) in [5.41, 5.74) is 1.24. The van der Waals surface area contributed by atoms with Crippen molar-refractivity contribution >= 4 is 11.6 Å². The van der Waals surface area contributed by atoms with Gasteiger partial charge in [-0.1, -0.05) is 5.21 Å². The summed E-state index contributed by atoms with van der Waals surface area (Å²) in [5.74, 6) is 0.0602. The number of hydrogen-bond donors (Lipinski definition) is 2. The van der Waals surface area contributed by atoms with E-state index in [1.807, 2.05) is 0 Å². The molecule has 0 aliphatic carbocycles. The summed E-state index contributed by atoms with van der Waals surface area (Å²) in [6.07, 6.45) is 1.51. The Bertz CT molecular complexity index is 535. The largest absolute Gasteiger partial charge is 0.326 e. The quantitative estimate of drug-likeness (QED) is 0.858. The number of halogens is 1. The number of anilines is 1. The molecule has 0 bridgehead atoms. The number of hydrogen-bond acceptors (Lipinski definition) is 4. The lowest BCUT2D eigenvalue weighted by atomic mass is 10.2. The van der Waals surface area contributed by atoms with Gasteiger partial charge >= 0.3 is 0 Å². The van der Waals surface area contributed by atoms with E-state index >= 15 is 0 Å². The number of rotatable bonds is 5. The molecule has 19 heavy (non-hydrogen) atoms. The molecule has 2 aromatic rings. The molecular weight excluding hydrogens is 249 g/mol. The summed E-state index contributed by atoms with van der Waals surface area (Å²) < 4.78 is 13.1. The Balaban J connectivity index is 1.80. The van der Waals surface area contributed by atoms with Gasteiger partial charge in [0.15, 0.2) is 5.82 Å². The van der Waals surface area contributed by atoms with E-state index in [0.29, 0.717) is 30.8 Å². The van der Waals surface area contributed by atoms with Crippen LogP contribution in [0.4, 0.5) is 10.1 Å². The molecule has 0 spiro atoms. The van der Waals surface area contributed by atoms with Crippen LogP contribution in [0.2, 0.25) is 0 Å². The molecule has 2 rings (SSSR count). The SMILES string of the molecule is Cc1cc(F)cc(NC(=O)CCCc2nn[nH]n2)c1. The molecule has 2 N–H and O–H groups in total. The minimum atomic E-state index is -0.359. The third-order valence-corrected chi connectivity index (χ3v) is 2.52. The smallest absolute Gasteiger partial charge is 0.224 e. The Morgan fingerprint density at radius 1 is 1.42 bits per heavy atom. The van der Waals surface area contributed by atoms with Gasteiger partial charge in [0.2, 0.25) is 5.91 Å². The summed E-state index contributed by atoms with van der Waals surface area (Å²) >= 11 is 0. The van der Waals surface area contributed by atoms with Crippen LogP contribution in [0.1, 0.15) is 24.2 Å². The van der Waals surface area contributed by atoms with E-state index in [1.54, 1.807) is 13.0 Å². The third kappa shape index (κ3) is 4.13. The molecule has 0 fully saturated rings. The van der Waals surface area contributed by atoms with Crippen LogP contribution in [-0.2, 0) is 11.2 Å². The Morgan fingerprint density at radius 2 is 2.26 bits per heavy atom. The number of aryl methyl sites for hydroxylation is 2. The highest BCUT2D eigenvalue weighted by Crippen LogP contribution is 2.13. The predicted molar refractivity (Wildman–Crippen MR) is 66.9 cm³/mol. The van der Waals surface area contributed by atoms with Crippen molar-refractivity contribution in [2.75, 3.05) is 5.32 Å². The molecule has 0 saturated carbocycles. The van der Waals surface area contributed by atoms with Crippen molar-refractivity contribution in [1.29, 1.82) is 0 Å². The predicted octanol–water partition coefficient (Wildman–Crippen LogP) is 1.61. The van der Waals surface area contributed by atoms with Crippen molar-refractivity contribution in [3.05, 3.63) is 35.4 Å². The summed E-state index contributed by atoms with van der Waals surface area (Å²) in [7, 11) is 0. The second-order valence-electron chi connectivity index (χ2n) is 4.25. The van der Waals surface area contributed by atoms with Gasteiger partial charge in [-0.2, -0.15) is 5.21 Å². The lowest BCUT2D eigenvalue weighted by molar-refractivity contribution is -0.116. The molecule has 0 unspecified atom stereocenters. The molecule has 0 aliphatic heterocycles. The average molecular weight is 263 g/mol. The number of amides is 1. The molecular formula is C12H14FN5O. The number of carbonyl (C=O) groups is 1. The standard InChI is InChI=1S/C12H14FN5O/c1-8-5-9(13)7-10(6-8)14-12(19)4-2-3-11-15-17-18-16-11/h5-7H,2-4H2,1H3,(H,14,19)(H,15,16,17,18). The van der Waals surface area contributed by atoms with Crippen molar-refractivity contribution in [1.82, 2.24) is 20.6 Å². The van der Waals surface area contributed by atoms with Gasteiger partial charge in [-0.05, 0) is 37.1 Å². The first kappa shape index (κ1) is 13.1. The lowest BCUT2D eigenvalue weighted by Gasteiger charge is -2.06. The van der Waals surface area contributed by atoms with Crippen LogP contribution in [0.5, 0.6) is 0 Å². The summed E-state index contributed by atoms with van der Waals surface area (Å²) in [5, 5.41) is 16.0. The second kappa shape index (κ2) is 6.03. The molecule has 1 heterocycles. The van der Waals surface area contributed by atoms with Gasteiger partial charge in [0, 0.05) is 18.5 Å². The third-order valence-electron chi connectivity index (χ3n) is 2.52. The number of carbonyl (C=O) groups excluding carboxylic acids is 1. The van der Waals surface area contributed by atoms with Crippen LogP contribution in [0.15, 0.2) is 18.2 Å². The van der Waals surface area contributed by atoms with Crippen molar-refractivity contribution in [2.45, 2.75) is 26.2 Å². The van der Waals surface area contributed by atoms with Gasteiger partial charge in [-0.3, -0.25) is 4.79 Å². The number of aromatic nitrogens is 4. The minimum Gasteiger partial charge on any atom is -0.326 e. The number of tetrazole rings is 1. The van der Waals surface area contributed by atoms with Gasteiger partial charge in [-0.25, -0.2) is 4.39 Å². The van der Waals surface area contributed by atoms with E-state index in [4.69, 9.17) is 0 Å². The van der Waals surface area contributed by atoms with Crippen LogP contribution in [0.25, 0.3) is 0 Å². The summed E-state index contributed by atoms with van der Waals surface area (Å²) in [4.78, 5) is 11.7. The fraction of sp³-hybridized carbons (Fsp3) is 0.333. The maximum atomic E-state index is 13.1. The van der Waals surface area contributed by atoms with E-state index in [1.165, 1.54) is 12.1 Å². The molecule has 1 amide bonds. The topological polar surface area (TPSA) is 83.6 Å². The lowest BCUT2D eigenvalue weighted by Crippen LogP contribution is -2.12. The zero-order valence-electron chi connectivity index (χ0n) is 10.5. The normalized spacial score (nSPS) is 10.4. The first-order valence-electron chi connectivity index (χ1n) is 5.93. The molecule has 0 saturated heterocycles. The maximum absolute atomic E-state index is 13.1. The van der Waals surface area contributed by atoms with Gasteiger partial charge in [0.25, 0.3) is 0 Å². The molecule has 6 nitrogen and oxygen atoms in total. The van der Waals surface area contributed by atoms with E-state index in [-0.39, 0.29) is 11.7 Å². The Hall–Kier alpha value is -2.31. The Morgan fingerprint density at radius 3 is 2.95 bits per heavy atom. The first-order valence-corrected chi connectivity index (χ1v) is 5.93. The number of H-pyrrole nitrogens is 1. The zero-order valence-corrected chi connectivity index (χ0v) is 10.5. The van der Waals surface area contributed by atoms with E-state index in [0.717, 1.165) is 5.56 Å². The van der Waals surface area contributed by atoms with Crippen molar-refractivity contribution < 1.29 is 9.18 Å². The van der Waals surface area contributed by atoms with Crippen LogP contribution in [0, 0.1) is 12.7 Å². The Kier molecular flexibility index (Phi) is 4.17. The molecule has 1 aromatic carbocycles. The van der Waals surface area contributed by atoms with Gasteiger partial charge in [0.1, 0.15) is 5.82 Å². The highest BCUT2D eigenvalue weighted by Gasteiger charge is 2.05. The zero-order chi connectivity index (χ0) is 13.7. The second-order valence-corrected chi connectivity index (χ2v) is 4.25. The summed E-state index contributed by atoms with van der Waals surface area (Å²) in [6.45, 7) is 1.77. The molecule has 1 aromatic heterocycles. The molecule has 100 valence electrons. The number of benzene rings is 1. The minimum absolute atomic E-state index is 0.159.